The van der Waals surface area contributed by atoms with Crippen molar-refractivity contribution in [2.75, 3.05) is 62.7 Å². The number of anilines is 5. The summed E-state index contributed by atoms with van der Waals surface area (Å²) >= 11 is 3.56. The Kier molecular flexibility index (Phi) is 9.47. The van der Waals surface area contributed by atoms with Crippen LogP contribution < -0.4 is 25.6 Å². The number of hydrogen-bond acceptors (Lipinski definition) is 12. The van der Waals surface area contributed by atoms with E-state index in [9.17, 15) is 4.57 Å². The summed E-state index contributed by atoms with van der Waals surface area (Å²) in [6.45, 7) is 10.1. The first-order chi connectivity index (χ1) is 22.6. The topological polar surface area (TPSA) is 125 Å². The van der Waals surface area contributed by atoms with Gasteiger partial charge in [0.15, 0.2) is 0 Å². The molecule has 4 aromatic rings. The molecule has 3 aromatic heterocycles. The van der Waals surface area contributed by atoms with Gasteiger partial charge in [0, 0.05) is 75.5 Å². The molecular weight excluding hydrogens is 679 g/mol. The Morgan fingerprint density at radius 3 is 2.57 bits per heavy atom. The molecule has 12 nitrogen and oxygen atoms in total. The van der Waals surface area contributed by atoms with Crippen molar-refractivity contribution in [2.45, 2.75) is 18.9 Å². The van der Waals surface area contributed by atoms with Gasteiger partial charge in [-0.1, -0.05) is 12.7 Å². The second-order valence-electron chi connectivity index (χ2n) is 11.8. The van der Waals surface area contributed by atoms with E-state index in [1.54, 1.807) is 39.0 Å². The number of benzene rings is 1. The fourth-order valence-electron chi connectivity index (χ4n) is 5.84. The summed E-state index contributed by atoms with van der Waals surface area (Å²) in [5, 5.41) is 7.22. The molecule has 1 aromatic carbocycles. The van der Waals surface area contributed by atoms with Crippen LogP contribution in [0.25, 0.3) is 17.1 Å². The summed E-state index contributed by atoms with van der Waals surface area (Å²) in [5.74, 6) is 2.05. The standard InChI is InChI=1S/C33H38BrN10O2P/c1-6-22-20-27(32(46-3)41-31(22)44-16-10-23(11-17-44)43-15-7-14-42(2)18-19-43)39-33-37-21-24(34)30(40-33)38-26-9-8-25-28(36-13-12-35-25)29(26)47(4,5)45/h6-9,12-13,15,18-21,23H,1,10-11,14,16-17H2,2-5H3,(H2,37,38,39,40). The molecule has 0 bridgehead atoms. The number of likely N-dealkylation sites (N-methyl/N-ethyl adjacent to an activating group) is 1. The third-order valence-electron chi connectivity index (χ3n) is 8.16. The highest BCUT2D eigenvalue weighted by Crippen LogP contribution is 2.41. The van der Waals surface area contributed by atoms with Crippen molar-refractivity contribution in [3.63, 3.8) is 0 Å². The first-order valence-electron chi connectivity index (χ1n) is 15.3. The van der Waals surface area contributed by atoms with Crippen LogP contribution in [0.1, 0.15) is 18.4 Å². The van der Waals surface area contributed by atoms with Gasteiger partial charge in [-0.15, -0.1) is 0 Å². The van der Waals surface area contributed by atoms with Crippen LogP contribution in [0.3, 0.4) is 0 Å². The van der Waals surface area contributed by atoms with Crippen LogP contribution >= 0.6 is 23.1 Å². The molecule has 0 aliphatic carbocycles. The molecule has 244 valence electrons. The van der Waals surface area contributed by atoms with E-state index in [1.807, 2.05) is 24.3 Å². The largest absolute Gasteiger partial charge is 0.479 e. The van der Waals surface area contributed by atoms with Crippen molar-refractivity contribution in [1.29, 1.82) is 0 Å². The van der Waals surface area contributed by atoms with Crippen molar-refractivity contribution >= 4 is 74.4 Å². The maximum absolute atomic E-state index is 13.4. The van der Waals surface area contributed by atoms with Crippen molar-refractivity contribution in [3.05, 3.63) is 78.1 Å². The zero-order valence-corrected chi connectivity index (χ0v) is 29.4. The average Bonchev–Trinajstić information content (AvgIpc) is 3.29. The van der Waals surface area contributed by atoms with Gasteiger partial charge in [0.25, 0.3) is 0 Å². The smallest absolute Gasteiger partial charge is 0.239 e. The van der Waals surface area contributed by atoms with Crippen LogP contribution in [-0.2, 0) is 4.57 Å². The van der Waals surface area contributed by atoms with E-state index >= 15 is 0 Å². The molecular formula is C33H38BrN10O2P. The monoisotopic (exact) mass is 716 g/mol. The van der Waals surface area contributed by atoms with Gasteiger partial charge in [-0.25, -0.2) is 4.98 Å². The minimum Gasteiger partial charge on any atom is -0.479 e. The van der Waals surface area contributed by atoms with Crippen LogP contribution in [0.5, 0.6) is 5.88 Å². The number of piperidine rings is 1. The summed E-state index contributed by atoms with van der Waals surface area (Å²) < 4.78 is 19.8. The second-order valence-corrected chi connectivity index (χ2v) is 15.8. The Morgan fingerprint density at radius 1 is 1.04 bits per heavy atom. The number of halogens is 1. The highest BCUT2D eigenvalue weighted by Gasteiger charge is 2.26. The van der Waals surface area contributed by atoms with Gasteiger partial charge in [0.05, 0.1) is 28.1 Å². The average molecular weight is 718 g/mol. The molecule has 2 N–H and O–H groups in total. The van der Waals surface area contributed by atoms with E-state index in [4.69, 9.17) is 14.7 Å². The number of aromatic nitrogens is 5. The molecule has 5 heterocycles. The Balaban J connectivity index is 1.23. The van der Waals surface area contributed by atoms with Gasteiger partial charge in [-0.05, 0) is 66.4 Å². The highest BCUT2D eigenvalue weighted by molar-refractivity contribution is 9.10. The van der Waals surface area contributed by atoms with E-state index in [0.29, 0.717) is 55.9 Å². The predicted molar refractivity (Wildman–Crippen MR) is 194 cm³/mol. The maximum Gasteiger partial charge on any atom is 0.239 e. The number of hydrogen-bond donors (Lipinski definition) is 2. The molecule has 0 spiro atoms. The zero-order chi connectivity index (χ0) is 33.1. The minimum absolute atomic E-state index is 0.321. The van der Waals surface area contributed by atoms with E-state index < -0.39 is 7.14 Å². The number of ether oxygens (including phenoxy) is 1. The molecule has 1 fully saturated rings. The van der Waals surface area contributed by atoms with E-state index in [0.717, 1.165) is 43.9 Å². The molecule has 0 amide bonds. The normalized spacial score (nSPS) is 15.6. The summed E-state index contributed by atoms with van der Waals surface area (Å²) in [6.07, 6.45) is 17.3. The molecule has 2 aliphatic heterocycles. The molecule has 2 aliphatic rings. The molecule has 6 rings (SSSR count). The van der Waals surface area contributed by atoms with Gasteiger partial charge in [0.1, 0.15) is 30.0 Å². The number of methoxy groups -OCH3 is 1. The van der Waals surface area contributed by atoms with Crippen LogP contribution in [-0.4, -0.2) is 87.9 Å². The Morgan fingerprint density at radius 2 is 1.83 bits per heavy atom. The van der Waals surface area contributed by atoms with Crippen molar-refractivity contribution < 1.29 is 9.30 Å². The second kappa shape index (κ2) is 13.7. The SMILES string of the molecule is C=Cc1cc(Nc2ncc(Br)c(Nc3ccc4nccnc4c3P(C)(C)=O)n2)c(OC)nc1N1CCC(N2C=CCN(C)C=C2)CC1. The first kappa shape index (κ1) is 32.5. The quantitative estimate of drug-likeness (QED) is 0.193. The van der Waals surface area contributed by atoms with Gasteiger partial charge in [-0.2, -0.15) is 9.97 Å². The van der Waals surface area contributed by atoms with E-state index in [-0.39, 0.29) is 0 Å². The fraction of sp³-hybridized carbons (Fsp3) is 0.303. The number of nitrogens with one attached hydrogen (secondary N) is 2. The molecule has 0 saturated carbocycles. The lowest BCUT2D eigenvalue weighted by Crippen LogP contribution is -2.41. The van der Waals surface area contributed by atoms with Gasteiger partial charge >= 0.3 is 0 Å². The Hall–Kier alpha value is -4.48. The molecule has 47 heavy (non-hydrogen) atoms. The van der Waals surface area contributed by atoms with Crippen LogP contribution in [0.2, 0.25) is 0 Å². The molecule has 0 radical (unpaired) electrons. The summed E-state index contributed by atoms with van der Waals surface area (Å²) in [6, 6.07) is 6.08. The number of fused-ring (bicyclic) bond motifs is 1. The van der Waals surface area contributed by atoms with Crippen molar-refractivity contribution in [1.82, 2.24) is 34.7 Å². The van der Waals surface area contributed by atoms with E-state index in [1.165, 1.54) is 0 Å². The lowest BCUT2D eigenvalue weighted by atomic mass is 10.0. The number of rotatable bonds is 9. The van der Waals surface area contributed by atoms with Gasteiger partial charge in [-0.3, -0.25) is 9.97 Å². The first-order valence-corrected chi connectivity index (χ1v) is 18.7. The lowest BCUT2D eigenvalue weighted by molar-refractivity contribution is 0.302. The fourth-order valence-corrected chi connectivity index (χ4v) is 7.52. The Labute approximate surface area is 283 Å². The minimum atomic E-state index is -2.76. The third kappa shape index (κ3) is 7.11. The molecule has 0 atom stereocenters. The van der Waals surface area contributed by atoms with Crippen molar-refractivity contribution in [2.24, 2.45) is 0 Å². The molecule has 0 unspecified atom stereocenters. The van der Waals surface area contributed by atoms with E-state index in [2.05, 4.69) is 94.5 Å². The van der Waals surface area contributed by atoms with Gasteiger partial charge < -0.3 is 34.6 Å². The van der Waals surface area contributed by atoms with Crippen LogP contribution in [0, 0.1) is 0 Å². The lowest BCUT2D eigenvalue weighted by Gasteiger charge is -2.37. The Bertz CT molecular complexity index is 1900. The van der Waals surface area contributed by atoms with Crippen LogP contribution in [0.15, 0.2) is 72.5 Å². The molecule has 14 heteroatoms. The summed E-state index contributed by atoms with van der Waals surface area (Å²) in [7, 11) is 0.917. The number of pyridine rings is 1. The predicted octanol–water partition coefficient (Wildman–Crippen LogP) is 6.17. The highest BCUT2D eigenvalue weighted by atomic mass is 79.9. The van der Waals surface area contributed by atoms with Gasteiger partial charge in [0.2, 0.25) is 11.8 Å². The summed E-state index contributed by atoms with van der Waals surface area (Å²) in [4.78, 5) is 29.8. The van der Waals surface area contributed by atoms with Crippen molar-refractivity contribution in [3.8, 4) is 5.88 Å². The van der Waals surface area contributed by atoms with Crippen LogP contribution in [0.4, 0.5) is 29.0 Å². The third-order valence-corrected chi connectivity index (χ3v) is 10.3. The summed E-state index contributed by atoms with van der Waals surface area (Å²) in [5.41, 5.74) is 3.38. The zero-order valence-electron chi connectivity index (χ0n) is 26.9. The maximum atomic E-state index is 13.4. The molecule has 1 saturated heterocycles. The number of nitrogens with zero attached hydrogens (tertiary/aromatic N) is 8.